The first-order valence-electron chi connectivity index (χ1n) is 5.93. The van der Waals surface area contributed by atoms with Crippen molar-refractivity contribution in [3.63, 3.8) is 0 Å². The number of halogens is 1. The van der Waals surface area contributed by atoms with Crippen molar-refractivity contribution in [2.45, 2.75) is 12.0 Å². The highest BCUT2D eigenvalue weighted by Gasteiger charge is 2.44. The fourth-order valence-corrected chi connectivity index (χ4v) is 2.02. The number of hydrogen-bond donors (Lipinski definition) is 2. The van der Waals surface area contributed by atoms with Crippen LogP contribution < -0.4 is 5.32 Å². The first kappa shape index (κ1) is 14.9. The van der Waals surface area contributed by atoms with Crippen LogP contribution >= 0.6 is 0 Å². The summed E-state index contributed by atoms with van der Waals surface area (Å²) in [6, 6.07) is 2.39. The maximum absolute atomic E-state index is 13.2. The number of carboxylic acid groups (broad SMARTS) is 1. The van der Waals surface area contributed by atoms with Gasteiger partial charge < -0.3 is 15.2 Å². The Bertz CT molecular complexity index is 612. The monoisotopic (exact) mass is 298 g/mol. The van der Waals surface area contributed by atoms with Crippen molar-refractivity contribution in [1.82, 2.24) is 5.32 Å². The lowest BCUT2D eigenvalue weighted by Gasteiger charge is -2.23. The minimum Gasteiger partial charge on any atom is -0.479 e. The van der Waals surface area contributed by atoms with E-state index in [-0.39, 0.29) is 19.6 Å². The van der Waals surface area contributed by atoms with Crippen LogP contribution in [0.15, 0.2) is 18.2 Å². The molecule has 1 fully saturated rings. The maximum atomic E-state index is 13.2. The molecule has 1 atom stereocenters. The lowest BCUT2D eigenvalue weighted by Crippen LogP contribution is -2.55. The number of aliphatic carboxylic acids is 1. The molecule has 1 saturated heterocycles. The van der Waals surface area contributed by atoms with Gasteiger partial charge in [0.2, 0.25) is 0 Å². The van der Waals surface area contributed by atoms with E-state index in [4.69, 9.17) is 4.74 Å². The number of carbonyl (C=O) groups excluding carboxylic acids is 1. The number of benzene rings is 1. The van der Waals surface area contributed by atoms with E-state index >= 15 is 0 Å². The number of nitro benzene ring substituents is 1. The number of nitrogens with one attached hydrogen (secondary N) is 1. The van der Waals surface area contributed by atoms with Gasteiger partial charge in [0.25, 0.3) is 11.6 Å². The molecule has 2 rings (SSSR count). The number of hydrogen-bond acceptors (Lipinski definition) is 5. The van der Waals surface area contributed by atoms with Gasteiger partial charge in [-0.1, -0.05) is 0 Å². The average molecular weight is 298 g/mol. The smallest absolute Gasteiger partial charge is 0.331 e. The summed E-state index contributed by atoms with van der Waals surface area (Å²) in [6.45, 7) is -0.116. The van der Waals surface area contributed by atoms with E-state index in [0.717, 1.165) is 12.1 Å². The predicted molar refractivity (Wildman–Crippen MR) is 66.3 cm³/mol. The molecular formula is C12H11FN2O6. The quantitative estimate of drug-likeness (QED) is 0.624. The molecule has 1 aromatic carbocycles. The van der Waals surface area contributed by atoms with Crippen LogP contribution in [0.3, 0.4) is 0 Å². The van der Waals surface area contributed by atoms with E-state index in [2.05, 4.69) is 5.32 Å². The first-order valence-corrected chi connectivity index (χ1v) is 5.93. The Balaban J connectivity index is 2.34. The highest BCUT2D eigenvalue weighted by atomic mass is 19.1. The van der Waals surface area contributed by atoms with E-state index in [1.165, 1.54) is 0 Å². The number of carboxylic acids is 1. The van der Waals surface area contributed by atoms with Crippen molar-refractivity contribution >= 4 is 17.6 Å². The Labute approximate surface area is 117 Å². The molecule has 2 N–H and O–H groups in total. The van der Waals surface area contributed by atoms with E-state index < -0.39 is 39.4 Å². The molecule has 8 nitrogen and oxygen atoms in total. The molecule has 1 aliphatic rings. The molecule has 0 bridgehead atoms. The van der Waals surface area contributed by atoms with Gasteiger partial charge in [0.05, 0.1) is 11.5 Å². The minimum atomic E-state index is -1.66. The molecule has 21 heavy (non-hydrogen) atoms. The van der Waals surface area contributed by atoms with Gasteiger partial charge in [-0.25, -0.2) is 9.18 Å². The van der Waals surface area contributed by atoms with Crippen LogP contribution in [0.4, 0.5) is 10.1 Å². The highest BCUT2D eigenvalue weighted by molar-refractivity contribution is 6.01. The predicted octanol–water partition coefficient (Wildman–Crippen LogP) is 0.707. The summed E-state index contributed by atoms with van der Waals surface area (Å²) in [4.78, 5) is 33.4. The summed E-state index contributed by atoms with van der Waals surface area (Å²) in [6.07, 6.45) is 0.0250. The van der Waals surface area contributed by atoms with Crippen LogP contribution in [-0.2, 0) is 9.53 Å². The Kier molecular flexibility index (Phi) is 3.85. The van der Waals surface area contributed by atoms with Crippen molar-refractivity contribution < 1.29 is 28.7 Å². The third-order valence-electron chi connectivity index (χ3n) is 3.18. The average Bonchev–Trinajstić information content (AvgIpc) is 2.88. The number of rotatable bonds is 4. The largest absolute Gasteiger partial charge is 0.479 e. The second-order valence-corrected chi connectivity index (χ2v) is 4.56. The van der Waals surface area contributed by atoms with Crippen LogP contribution in [0.1, 0.15) is 16.8 Å². The Morgan fingerprint density at radius 1 is 1.48 bits per heavy atom. The van der Waals surface area contributed by atoms with Gasteiger partial charge in [-0.3, -0.25) is 14.9 Å². The van der Waals surface area contributed by atoms with Gasteiger partial charge in [0.1, 0.15) is 11.4 Å². The molecule has 0 radical (unpaired) electrons. The van der Waals surface area contributed by atoms with Gasteiger partial charge >= 0.3 is 5.97 Å². The summed E-state index contributed by atoms with van der Waals surface area (Å²) >= 11 is 0. The van der Waals surface area contributed by atoms with Crippen LogP contribution in [0.5, 0.6) is 0 Å². The number of amides is 1. The van der Waals surface area contributed by atoms with E-state index in [1.54, 1.807) is 0 Å². The third-order valence-corrected chi connectivity index (χ3v) is 3.18. The molecule has 9 heteroatoms. The number of ether oxygens (including phenoxy) is 1. The molecule has 1 unspecified atom stereocenters. The van der Waals surface area contributed by atoms with Crippen molar-refractivity contribution in [1.29, 1.82) is 0 Å². The summed E-state index contributed by atoms with van der Waals surface area (Å²) in [5.74, 6) is -3.18. The zero-order valence-electron chi connectivity index (χ0n) is 10.7. The van der Waals surface area contributed by atoms with Gasteiger partial charge in [-0.2, -0.15) is 0 Å². The lowest BCUT2D eigenvalue weighted by atomic mass is 9.98. The van der Waals surface area contributed by atoms with Gasteiger partial charge in [0, 0.05) is 19.1 Å². The van der Waals surface area contributed by atoms with Crippen molar-refractivity contribution in [3.8, 4) is 0 Å². The molecule has 1 amide bonds. The SMILES string of the molecule is O=C(NC1(C(=O)O)CCOC1)c1cc(F)ccc1[N+](=O)[O-]. The summed E-state index contributed by atoms with van der Waals surface area (Å²) in [5.41, 5.74) is -2.79. The van der Waals surface area contributed by atoms with Crippen molar-refractivity contribution in [2.75, 3.05) is 13.2 Å². The number of carbonyl (C=O) groups is 2. The first-order chi connectivity index (χ1) is 9.85. The van der Waals surface area contributed by atoms with Crippen molar-refractivity contribution in [3.05, 3.63) is 39.7 Å². The van der Waals surface area contributed by atoms with E-state index in [0.29, 0.717) is 6.07 Å². The van der Waals surface area contributed by atoms with E-state index in [1.807, 2.05) is 0 Å². The number of nitrogens with zero attached hydrogens (tertiary/aromatic N) is 1. The van der Waals surface area contributed by atoms with Gasteiger partial charge in [-0.15, -0.1) is 0 Å². The van der Waals surface area contributed by atoms with Crippen LogP contribution in [0.25, 0.3) is 0 Å². The van der Waals surface area contributed by atoms with Crippen LogP contribution in [0, 0.1) is 15.9 Å². The zero-order valence-corrected chi connectivity index (χ0v) is 10.7. The second-order valence-electron chi connectivity index (χ2n) is 4.56. The highest BCUT2D eigenvalue weighted by Crippen LogP contribution is 2.23. The molecule has 112 valence electrons. The lowest BCUT2D eigenvalue weighted by molar-refractivity contribution is -0.385. The normalized spacial score (nSPS) is 21.0. The topological polar surface area (TPSA) is 119 Å². The maximum Gasteiger partial charge on any atom is 0.331 e. The molecule has 1 aliphatic heterocycles. The minimum absolute atomic E-state index is 0.0250. The zero-order chi connectivity index (χ0) is 15.6. The van der Waals surface area contributed by atoms with Crippen molar-refractivity contribution in [2.24, 2.45) is 0 Å². The fourth-order valence-electron chi connectivity index (χ4n) is 2.02. The van der Waals surface area contributed by atoms with Gasteiger partial charge in [-0.05, 0) is 12.1 Å². The fraction of sp³-hybridized carbons (Fsp3) is 0.333. The second kappa shape index (κ2) is 5.44. The Hall–Kier alpha value is -2.55. The summed E-state index contributed by atoms with van der Waals surface area (Å²) < 4.78 is 18.2. The summed E-state index contributed by atoms with van der Waals surface area (Å²) in [5, 5.41) is 22.2. The number of nitro groups is 1. The van der Waals surface area contributed by atoms with Crippen LogP contribution in [-0.4, -0.2) is 40.7 Å². The molecule has 1 aromatic rings. The standard InChI is InChI=1S/C12H11FN2O6/c13-7-1-2-9(15(19)20)8(5-7)10(16)14-12(11(17)18)3-4-21-6-12/h1-2,5H,3-4,6H2,(H,14,16)(H,17,18). The Morgan fingerprint density at radius 2 is 2.19 bits per heavy atom. The Morgan fingerprint density at radius 3 is 2.71 bits per heavy atom. The molecule has 0 aliphatic carbocycles. The molecular weight excluding hydrogens is 287 g/mol. The third kappa shape index (κ3) is 2.82. The van der Waals surface area contributed by atoms with Crippen LogP contribution in [0.2, 0.25) is 0 Å². The molecule has 1 heterocycles. The van der Waals surface area contributed by atoms with Gasteiger partial charge in [0.15, 0.2) is 5.54 Å². The summed E-state index contributed by atoms with van der Waals surface area (Å²) in [7, 11) is 0. The van der Waals surface area contributed by atoms with E-state index in [9.17, 15) is 29.2 Å². The molecule has 0 aromatic heterocycles. The molecule has 0 saturated carbocycles. The molecule has 0 spiro atoms.